The van der Waals surface area contributed by atoms with Crippen molar-refractivity contribution in [3.8, 4) is 0 Å². The van der Waals surface area contributed by atoms with Gasteiger partial charge in [-0.05, 0) is 25.7 Å². The highest BCUT2D eigenvalue weighted by molar-refractivity contribution is 4.93. The number of hydrogen-bond acceptors (Lipinski definition) is 3. The van der Waals surface area contributed by atoms with Gasteiger partial charge in [0.1, 0.15) is 0 Å². The Morgan fingerprint density at radius 1 is 1.06 bits per heavy atom. The van der Waals surface area contributed by atoms with Gasteiger partial charge >= 0.3 is 0 Å². The second-order valence-electron chi connectivity index (χ2n) is 4.82. The van der Waals surface area contributed by atoms with Gasteiger partial charge in [-0.1, -0.05) is 18.1 Å². The lowest BCUT2D eigenvalue weighted by molar-refractivity contribution is 0.669. The Labute approximate surface area is 102 Å². The van der Waals surface area contributed by atoms with E-state index in [4.69, 9.17) is 6.57 Å². The fraction of sp³-hybridized carbons (Fsp3) is 0.833. The van der Waals surface area contributed by atoms with Crippen LogP contribution in [0.5, 0.6) is 0 Å². The molecule has 2 fully saturated rings. The number of H-pyrrole nitrogens is 1. The van der Waals surface area contributed by atoms with Crippen LogP contribution in [-0.2, 0) is 0 Å². The van der Waals surface area contributed by atoms with Crippen LogP contribution in [0.4, 0.5) is 0 Å². The predicted molar refractivity (Wildman–Crippen MR) is 64.2 cm³/mol. The van der Waals surface area contributed by atoms with E-state index in [1.165, 1.54) is 38.5 Å². The lowest BCUT2D eigenvalue weighted by Crippen LogP contribution is -1.94. The first kappa shape index (κ1) is 12.0. The van der Waals surface area contributed by atoms with Crippen molar-refractivity contribution in [2.45, 2.75) is 63.3 Å². The third-order valence-corrected chi connectivity index (χ3v) is 3.59. The van der Waals surface area contributed by atoms with Gasteiger partial charge in [0.2, 0.25) is 6.04 Å². The highest BCUT2D eigenvalue weighted by atomic mass is 15.5. The number of tetrazole rings is 1. The monoisotopic (exact) mass is 233 g/mol. The zero-order valence-electron chi connectivity index (χ0n) is 10.1. The molecule has 1 aromatic heterocycles. The molecule has 5 nitrogen and oxygen atoms in total. The topological polar surface area (TPSA) is 58.8 Å². The molecule has 1 heterocycles. The molecule has 0 saturated heterocycles. The molecule has 0 unspecified atom stereocenters. The molecule has 0 spiro atoms. The Kier molecular flexibility index (Phi) is 4.48. The van der Waals surface area contributed by atoms with E-state index in [1.54, 1.807) is 0 Å². The molecule has 3 rings (SSSR count). The summed E-state index contributed by atoms with van der Waals surface area (Å²) in [7, 11) is 0. The SMILES string of the molecule is C1CCC(c2nn[nH]n2)C1.[C-]#[N+]C1CCCC1. The average Bonchev–Trinajstić information content (AvgIpc) is 3.12. The van der Waals surface area contributed by atoms with Gasteiger partial charge in [-0.3, -0.25) is 0 Å². The van der Waals surface area contributed by atoms with Gasteiger partial charge in [-0.15, -0.1) is 10.2 Å². The first-order chi connectivity index (χ1) is 8.40. The molecule has 2 aliphatic rings. The molecular weight excluding hydrogens is 214 g/mol. The zero-order valence-corrected chi connectivity index (χ0v) is 10.1. The fourth-order valence-electron chi connectivity index (χ4n) is 2.56. The molecule has 92 valence electrons. The normalized spacial score (nSPS) is 20.9. The van der Waals surface area contributed by atoms with Crippen LogP contribution in [-0.4, -0.2) is 26.7 Å². The molecule has 0 atom stereocenters. The molecule has 2 aliphatic carbocycles. The summed E-state index contributed by atoms with van der Waals surface area (Å²) in [5.41, 5.74) is 0. The maximum atomic E-state index is 6.62. The van der Waals surface area contributed by atoms with Crippen LogP contribution in [0.2, 0.25) is 0 Å². The lowest BCUT2D eigenvalue weighted by Gasteiger charge is -1.98. The average molecular weight is 233 g/mol. The summed E-state index contributed by atoms with van der Waals surface area (Å²) < 4.78 is 0. The minimum absolute atomic E-state index is 0.389. The number of hydrogen-bond donors (Lipinski definition) is 1. The zero-order chi connectivity index (χ0) is 11.9. The van der Waals surface area contributed by atoms with Crippen molar-refractivity contribution in [1.29, 1.82) is 0 Å². The standard InChI is InChI=1S/C6H10N4.C6H9N/c1-2-4-5(3-1)6-7-9-10-8-6;1-7-6-4-2-3-5-6/h5H,1-4H2,(H,7,8,9,10);6H,2-5H2. The van der Waals surface area contributed by atoms with Gasteiger partial charge in [-0.2, -0.15) is 5.21 Å². The first-order valence-electron chi connectivity index (χ1n) is 6.50. The third kappa shape index (κ3) is 3.52. The Hall–Kier alpha value is -1.44. The second kappa shape index (κ2) is 6.33. The van der Waals surface area contributed by atoms with E-state index in [-0.39, 0.29) is 0 Å². The molecule has 1 N–H and O–H groups in total. The van der Waals surface area contributed by atoms with Crippen LogP contribution in [0, 0.1) is 6.57 Å². The lowest BCUT2D eigenvalue weighted by atomic mass is 10.1. The van der Waals surface area contributed by atoms with Crippen LogP contribution in [0.25, 0.3) is 4.85 Å². The second-order valence-corrected chi connectivity index (χ2v) is 4.82. The summed E-state index contributed by atoms with van der Waals surface area (Å²) in [6.45, 7) is 6.62. The molecule has 0 radical (unpaired) electrons. The van der Waals surface area contributed by atoms with Crippen LogP contribution < -0.4 is 0 Å². The summed E-state index contributed by atoms with van der Waals surface area (Å²) in [5, 5.41) is 13.9. The number of aromatic nitrogens is 4. The van der Waals surface area contributed by atoms with Crippen molar-refractivity contribution < 1.29 is 0 Å². The number of rotatable bonds is 1. The molecule has 0 aromatic carbocycles. The van der Waals surface area contributed by atoms with Gasteiger partial charge in [0, 0.05) is 18.8 Å². The van der Waals surface area contributed by atoms with Gasteiger partial charge in [0.25, 0.3) is 0 Å². The van der Waals surface area contributed by atoms with Crippen molar-refractivity contribution in [3.63, 3.8) is 0 Å². The molecule has 0 aliphatic heterocycles. The maximum absolute atomic E-state index is 6.62. The summed E-state index contributed by atoms with van der Waals surface area (Å²) in [6.07, 6.45) is 9.99. The predicted octanol–water partition coefficient (Wildman–Crippen LogP) is 2.71. The Morgan fingerprint density at radius 3 is 2.18 bits per heavy atom. The van der Waals surface area contributed by atoms with Gasteiger partial charge in [-0.25, -0.2) is 6.57 Å². The van der Waals surface area contributed by atoms with E-state index in [0.29, 0.717) is 12.0 Å². The Morgan fingerprint density at radius 2 is 1.71 bits per heavy atom. The molecular formula is C12H19N5. The summed E-state index contributed by atoms with van der Waals surface area (Å²) >= 11 is 0. The van der Waals surface area contributed by atoms with E-state index in [0.717, 1.165) is 18.7 Å². The number of aromatic amines is 1. The molecule has 2 saturated carbocycles. The van der Waals surface area contributed by atoms with Crippen LogP contribution >= 0.6 is 0 Å². The fourth-order valence-corrected chi connectivity index (χ4v) is 2.56. The minimum Gasteiger partial charge on any atom is -0.314 e. The van der Waals surface area contributed by atoms with E-state index in [2.05, 4.69) is 25.5 Å². The highest BCUT2D eigenvalue weighted by Gasteiger charge is 2.20. The molecule has 5 heteroatoms. The van der Waals surface area contributed by atoms with E-state index in [9.17, 15) is 0 Å². The maximum Gasteiger partial charge on any atom is 0.223 e. The Bertz CT molecular complexity index is 341. The minimum atomic E-state index is 0.389. The highest BCUT2D eigenvalue weighted by Crippen LogP contribution is 2.31. The third-order valence-electron chi connectivity index (χ3n) is 3.59. The van der Waals surface area contributed by atoms with Crippen molar-refractivity contribution in [3.05, 3.63) is 17.2 Å². The molecule has 0 amide bonds. The Balaban J connectivity index is 0.000000136. The molecule has 1 aromatic rings. The van der Waals surface area contributed by atoms with Crippen molar-refractivity contribution >= 4 is 0 Å². The largest absolute Gasteiger partial charge is 0.314 e. The van der Waals surface area contributed by atoms with Gasteiger partial charge in [0.15, 0.2) is 5.82 Å². The van der Waals surface area contributed by atoms with E-state index in [1.807, 2.05) is 0 Å². The van der Waals surface area contributed by atoms with Crippen molar-refractivity contribution in [2.75, 3.05) is 0 Å². The van der Waals surface area contributed by atoms with Gasteiger partial charge < -0.3 is 4.85 Å². The van der Waals surface area contributed by atoms with Crippen molar-refractivity contribution in [2.24, 2.45) is 0 Å². The van der Waals surface area contributed by atoms with E-state index >= 15 is 0 Å². The number of nitrogens with one attached hydrogen (secondary N) is 1. The van der Waals surface area contributed by atoms with Gasteiger partial charge in [0.05, 0.1) is 0 Å². The quantitative estimate of drug-likeness (QED) is 0.759. The molecule has 0 bridgehead atoms. The summed E-state index contributed by atoms with van der Waals surface area (Å²) in [6, 6.07) is 0.389. The van der Waals surface area contributed by atoms with Crippen LogP contribution in [0.1, 0.15) is 63.1 Å². The molecule has 17 heavy (non-hydrogen) atoms. The summed E-state index contributed by atoms with van der Waals surface area (Å²) in [5.74, 6) is 1.48. The van der Waals surface area contributed by atoms with Crippen LogP contribution in [0.15, 0.2) is 0 Å². The number of nitrogens with zero attached hydrogens (tertiary/aromatic N) is 4. The van der Waals surface area contributed by atoms with Crippen molar-refractivity contribution in [1.82, 2.24) is 20.6 Å². The van der Waals surface area contributed by atoms with E-state index < -0.39 is 0 Å². The first-order valence-corrected chi connectivity index (χ1v) is 6.50. The smallest absolute Gasteiger partial charge is 0.223 e. The van der Waals surface area contributed by atoms with Crippen LogP contribution in [0.3, 0.4) is 0 Å². The summed E-state index contributed by atoms with van der Waals surface area (Å²) in [4.78, 5) is 3.44.